The number of nitrogens with zero attached hydrogens (tertiary/aromatic N) is 1. The first-order chi connectivity index (χ1) is 13.3. The predicted molar refractivity (Wildman–Crippen MR) is 110 cm³/mol. The third kappa shape index (κ3) is 5.63. The van der Waals surface area contributed by atoms with Gasteiger partial charge in [-0.25, -0.2) is 8.42 Å². The highest BCUT2D eigenvalue weighted by molar-refractivity contribution is 7.92. The molecule has 2 rings (SSSR count). The van der Waals surface area contributed by atoms with Crippen molar-refractivity contribution < 1.29 is 22.7 Å². The van der Waals surface area contributed by atoms with Gasteiger partial charge in [-0.05, 0) is 48.7 Å². The zero-order chi connectivity index (χ0) is 20.7. The van der Waals surface area contributed by atoms with Gasteiger partial charge in [0.05, 0.1) is 26.2 Å². The van der Waals surface area contributed by atoms with Crippen LogP contribution in [0, 0.1) is 0 Å². The minimum Gasteiger partial charge on any atom is -0.493 e. The first-order valence-corrected chi connectivity index (χ1v) is 10.6. The second-order valence-corrected chi connectivity index (χ2v) is 8.34. The molecule has 8 heteroatoms. The number of methoxy groups -OCH3 is 2. The van der Waals surface area contributed by atoms with Crippen molar-refractivity contribution in [2.45, 2.75) is 12.8 Å². The molecule has 0 fully saturated rings. The van der Waals surface area contributed by atoms with E-state index in [0.29, 0.717) is 29.3 Å². The number of aryl methyl sites for hydroxylation is 1. The SMILES string of the molecule is COc1ccc(CCCNC(=O)c2cccc(N(C)S(C)(=O)=O)c2)cc1OC. The summed E-state index contributed by atoms with van der Waals surface area (Å²) >= 11 is 0. The van der Waals surface area contributed by atoms with Gasteiger partial charge in [0.2, 0.25) is 10.0 Å². The van der Waals surface area contributed by atoms with Crippen LogP contribution in [0.3, 0.4) is 0 Å². The highest BCUT2D eigenvalue weighted by Gasteiger charge is 2.14. The normalized spacial score (nSPS) is 11.0. The molecular formula is C20H26N2O5S. The molecule has 0 bridgehead atoms. The van der Waals surface area contributed by atoms with Gasteiger partial charge in [0.1, 0.15) is 0 Å². The van der Waals surface area contributed by atoms with E-state index in [2.05, 4.69) is 5.32 Å². The number of nitrogens with one attached hydrogen (secondary N) is 1. The van der Waals surface area contributed by atoms with Crippen LogP contribution in [0.1, 0.15) is 22.3 Å². The fraction of sp³-hybridized carbons (Fsp3) is 0.350. The number of ether oxygens (including phenoxy) is 2. The first-order valence-electron chi connectivity index (χ1n) is 8.79. The Morgan fingerprint density at radius 2 is 1.79 bits per heavy atom. The molecule has 0 radical (unpaired) electrons. The molecule has 7 nitrogen and oxygen atoms in total. The number of benzene rings is 2. The van der Waals surface area contributed by atoms with Crippen LogP contribution in [0.2, 0.25) is 0 Å². The molecule has 0 saturated heterocycles. The average molecular weight is 407 g/mol. The highest BCUT2D eigenvalue weighted by Crippen LogP contribution is 2.27. The highest BCUT2D eigenvalue weighted by atomic mass is 32.2. The van der Waals surface area contributed by atoms with E-state index in [1.165, 1.54) is 7.05 Å². The summed E-state index contributed by atoms with van der Waals surface area (Å²) in [6.45, 7) is 0.499. The molecule has 28 heavy (non-hydrogen) atoms. The van der Waals surface area contributed by atoms with Crippen molar-refractivity contribution in [2.24, 2.45) is 0 Å². The van der Waals surface area contributed by atoms with E-state index >= 15 is 0 Å². The van der Waals surface area contributed by atoms with Crippen LogP contribution in [-0.2, 0) is 16.4 Å². The summed E-state index contributed by atoms with van der Waals surface area (Å²) in [6, 6.07) is 12.3. The Balaban J connectivity index is 1.91. The van der Waals surface area contributed by atoms with Crippen molar-refractivity contribution in [1.82, 2.24) is 5.32 Å². The van der Waals surface area contributed by atoms with Crippen LogP contribution < -0.4 is 19.1 Å². The fourth-order valence-electron chi connectivity index (χ4n) is 2.67. The lowest BCUT2D eigenvalue weighted by Gasteiger charge is -2.17. The molecule has 0 aliphatic heterocycles. The summed E-state index contributed by atoms with van der Waals surface area (Å²) in [5.74, 6) is 1.12. The van der Waals surface area contributed by atoms with Gasteiger partial charge in [0, 0.05) is 19.2 Å². The smallest absolute Gasteiger partial charge is 0.251 e. The average Bonchev–Trinajstić information content (AvgIpc) is 2.69. The molecule has 152 valence electrons. The van der Waals surface area contributed by atoms with Gasteiger partial charge in [0.15, 0.2) is 11.5 Å². The number of rotatable bonds is 9. The molecule has 1 amide bonds. The maximum atomic E-state index is 12.3. The number of amides is 1. The molecule has 1 N–H and O–H groups in total. The Labute approximate surface area is 166 Å². The number of hydrogen-bond acceptors (Lipinski definition) is 5. The van der Waals surface area contributed by atoms with Crippen LogP contribution in [0.5, 0.6) is 11.5 Å². The third-order valence-electron chi connectivity index (χ3n) is 4.35. The molecular weight excluding hydrogens is 380 g/mol. The Kier molecular flexibility index (Phi) is 7.28. The van der Waals surface area contributed by atoms with E-state index in [1.54, 1.807) is 38.5 Å². The summed E-state index contributed by atoms with van der Waals surface area (Å²) < 4.78 is 35.0. The molecule has 0 aliphatic rings. The molecule has 2 aromatic carbocycles. The van der Waals surface area contributed by atoms with Crippen molar-refractivity contribution in [3.05, 3.63) is 53.6 Å². The second kappa shape index (κ2) is 9.45. The maximum Gasteiger partial charge on any atom is 0.251 e. The largest absolute Gasteiger partial charge is 0.493 e. The van der Waals surface area contributed by atoms with E-state index in [4.69, 9.17) is 9.47 Å². The quantitative estimate of drug-likeness (QED) is 0.647. The lowest BCUT2D eigenvalue weighted by molar-refractivity contribution is 0.0953. The number of carbonyl (C=O) groups excluding carboxylic acids is 1. The summed E-state index contributed by atoms with van der Waals surface area (Å²) in [5.41, 5.74) is 1.95. The Hall–Kier alpha value is -2.74. The van der Waals surface area contributed by atoms with Gasteiger partial charge in [-0.2, -0.15) is 0 Å². The second-order valence-electron chi connectivity index (χ2n) is 6.33. The lowest BCUT2D eigenvalue weighted by Crippen LogP contribution is -2.27. The van der Waals surface area contributed by atoms with Crippen molar-refractivity contribution in [2.75, 3.05) is 38.4 Å². The van der Waals surface area contributed by atoms with Crippen molar-refractivity contribution in [1.29, 1.82) is 0 Å². The molecule has 0 unspecified atom stereocenters. The minimum absolute atomic E-state index is 0.240. The summed E-state index contributed by atoms with van der Waals surface area (Å²) in [5, 5.41) is 2.86. The topological polar surface area (TPSA) is 84.9 Å². The first kappa shape index (κ1) is 21.6. The fourth-order valence-corrected chi connectivity index (χ4v) is 3.16. The lowest BCUT2D eigenvalue weighted by atomic mass is 10.1. The molecule has 0 aliphatic carbocycles. The molecule has 0 saturated carbocycles. The molecule has 0 aromatic heterocycles. The van der Waals surface area contributed by atoms with Gasteiger partial charge < -0.3 is 14.8 Å². The van der Waals surface area contributed by atoms with Crippen LogP contribution in [0.4, 0.5) is 5.69 Å². The van der Waals surface area contributed by atoms with Gasteiger partial charge in [-0.1, -0.05) is 12.1 Å². The van der Waals surface area contributed by atoms with E-state index < -0.39 is 10.0 Å². The van der Waals surface area contributed by atoms with Crippen LogP contribution >= 0.6 is 0 Å². The van der Waals surface area contributed by atoms with E-state index in [0.717, 1.165) is 29.0 Å². The van der Waals surface area contributed by atoms with E-state index in [1.807, 2.05) is 18.2 Å². The Morgan fingerprint density at radius 3 is 2.43 bits per heavy atom. The Bertz CT molecular complexity index is 928. The van der Waals surface area contributed by atoms with Gasteiger partial charge in [-0.15, -0.1) is 0 Å². The zero-order valence-electron chi connectivity index (χ0n) is 16.6. The van der Waals surface area contributed by atoms with Crippen LogP contribution in [-0.4, -0.2) is 48.4 Å². The molecule has 2 aromatic rings. The van der Waals surface area contributed by atoms with E-state index in [9.17, 15) is 13.2 Å². The monoisotopic (exact) mass is 406 g/mol. The summed E-state index contributed by atoms with van der Waals surface area (Å²) in [7, 11) is 1.26. The number of hydrogen-bond donors (Lipinski definition) is 1. The molecule has 0 spiro atoms. The number of sulfonamides is 1. The maximum absolute atomic E-state index is 12.3. The van der Waals surface area contributed by atoms with Gasteiger partial charge >= 0.3 is 0 Å². The summed E-state index contributed by atoms with van der Waals surface area (Å²) in [6.07, 6.45) is 2.65. The summed E-state index contributed by atoms with van der Waals surface area (Å²) in [4.78, 5) is 12.3. The van der Waals surface area contributed by atoms with Gasteiger partial charge in [-0.3, -0.25) is 9.10 Å². The third-order valence-corrected chi connectivity index (χ3v) is 5.55. The minimum atomic E-state index is -3.38. The Morgan fingerprint density at radius 1 is 1.07 bits per heavy atom. The zero-order valence-corrected chi connectivity index (χ0v) is 17.4. The number of anilines is 1. The van der Waals surface area contributed by atoms with Crippen molar-refractivity contribution in [3.8, 4) is 11.5 Å². The number of carbonyl (C=O) groups is 1. The van der Waals surface area contributed by atoms with Crippen molar-refractivity contribution >= 4 is 21.6 Å². The molecule has 0 atom stereocenters. The predicted octanol–water partition coefficient (Wildman–Crippen LogP) is 2.46. The van der Waals surface area contributed by atoms with Crippen LogP contribution in [0.25, 0.3) is 0 Å². The molecule has 0 heterocycles. The standard InChI is InChI=1S/C20H26N2O5S/c1-22(28(4,24)25)17-9-5-8-16(14-17)20(23)21-12-6-7-15-10-11-18(26-2)19(13-15)27-3/h5,8-11,13-14H,6-7,12H2,1-4H3,(H,21,23). The van der Waals surface area contributed by atoms with E-state index in [-0.39, 0.29) is 5.91 Å². The van der Waals surface area contributed by atoms with Gasteiger partial charge in [0.25, 0.3) is 5.91 Å². The van der Waals surface area contributed by atoms with Crippen LogP contribution in [0.15, 0.2) is 42.5 Å². The van der Waals surface area contributed by atoms with Crippen molar-refractivity contribution in [3.63, 3.8) is 0 Å².